The first-order valence-electron chi connectivity index (χ1n) is 8.71. The van der Waals surface area contributed by atoms with Gasteiger partial charge in [-0.1, -0.05) is 18.2 Å². The van der Waals surface area contributed by atoms with Gasteiger partial charge in [0.25, 0.3) is 5.91 Å². The lowest BCUT2D eigenvalue weighted by Gasteiger charge is -2.05. The number of amides is 1. The second-order valence-corrected chi connectivity index (χ2v) is 7.41. The molecule has 3 heterocycles. The third-order valence-electron chi connectivity index (χ3n) is 4.48. The van der Waals surface area contributed by atoms with Gasteiger partial charge in [-0.3, -0.25) is 9.48 Å². The van der Waals surface area contributed by atoms with Crippen LogP contribution in [-0.2, 0) is 13.6 Å². The number of thiazole rings is 1. The molecular weight excluding hydrogens is 377 g/mol. The van der Waals surface area contributed by atoms with Gasteiger partial charge in [0.1, 0.15) is 5.82 Å². The van der Waals surface area contributed by atoms with Gasteiger partial charge in [-0.15, -0.1) is 11.3 Å². The zero-order chi connectivity index (χ0) is 19.8. The second-order valence-electron chi connectivity index (χ2n) is 6.54. The van der Waals surface area contributed by atoms with E-state index < -0.39 is 0 Å². The number of aromatic nitrogens is 4. The van der Waals surface area contributed by atoms with Gasteiger partial charge in [0.15, 0.2) is 10.4 Å². The monoisotopic (exact) mass is 395 g/mol. The summed E-state index contributed by atoms with van der Waals surface area (Å²) < 4.78 is 17.4. The number of fused-ring (bicyclic) bond motifs is 1. The van der Waals surface area contributed by atoms with Crippen molar-refractivity contribution in [3.8, 4) is 0 Å². The Balaban J connectivity index is 1.78. The van der Waals surface area contributed by atoms with Crippen LogP contribution in [0.2, 0.25) is 0 Å². The van der Waals surface area contributed by atoms with Crippen LogP contribution in [-0.4, -0.2) is 25.2 Å². The minimum absolute atomic E-state index is 0.282. The summed E-state index contributed by atoms with van der Waals surface area (Å²) >= 11 is 1.33. The molecule has 1 aromatic carbocycles. The molecule has 8 heteroatoms. The number of hydrogen-bond acceptors (Lipinski definition) is 4. The highest BCUT2D eigenvalue weighted by Gasteiger charge is 2.17. The molecule has 0 unspecified atom stereocenters. The van der Waals surface area contributed by atoms with E-state index in [2.05, 4.69) is 15.1 Å². The molecule has 0 radical (unpaired) electrons. The van der Waals surface area contributed by atoms with Crippen molar-refractivity contribution in [2.75, 3.05) is 0 Å². The SMILES string of the molecule is Cc1cc(C(=O)N=c2sccn2Cc2ccccc2F)c2c(C)nn(C)c2n1. The largest absolute Gasteiger partial charge is 0.319 e. The van der Waals surface area contributed by atoms with Gasteiger partial charge in [0.05, 0.1) is 23.2 Å². The predicted octanol–water partition coefficient (Wildman–Crippen LogP) is 3.38. The maximum atomic E-state index is 14.0. The van der Waals surface area contributed by atoms with Crippen LogP contribution in [0.1, 0.15) is 27.3 Å². The summed E-state index contributed by atoms with van der Waals surface area (Å²) in [6.45, 7) is 3.99. The average Bonchev–Trinajstić information content (AvgIpc) is 3.20. The molecule has 0 saturated heterocycles. The van der Waals surface area contributed by atoms with Crippen molar-refractivity contribution in [1.82, 2.24) is 19.3 Å². The highest BCUT2D eigenvalue weighted by molar-refractivity contribution is 7.07. The number of rotatable bonds is 3. The molecule has 0 aliphatic carbocycles. The highest BCUT2D eigenvalue weighted by atomic mass is 32.1. The van der Waals surface area contributed by atoms with Crippen molar-refractivity contribution < 1.29 is 9.18 Å². The minimum atomic E-state index is -0.365. The normalized spacial score (nSPS) is 12.1. The lowest BCUT2D eigenvalue weighted by Crippen LogP contribution is -2.18. The third kappa shape index (κ3) is 3.27. The number of carbonyl (C=O) groups excluding carboxylic acids is 1. The average molecular weight is 395 g/mol. The molecule has 0 N–H and O–H groups in total. The highest BCUT2D eigenvalue weighted by Crippen LogP contribution is 2.22. The molecule has 0 aliphatic rings. The molecule has 0 bridgehead atoms. The van der Waals surface area contributed by atoms with E-state index >= 15 is 0 Å². The van der Waals surface area contributed by atoms with E-state index in [4.69, 9.17) is 0 Å². The van der Waals surface area contributed by atoms with Crippen molar-refractivity contribution in [2.45, 2.75) is 20.4 Å². The van der Waals surface area contributed by atoms with Gasteiger partial charge < -0.3 is 4.57 Å². The van der Waals surface area contributed by atoms with Crippen LogP contribution < -0.4 is 4.80 Å². The van der Waals surface area contributed by atoms with Crippen LogP contribution >= 0.6 is 11.3 Å². The number of pyridine rings is 1. The van der Waals surface area contributed by atoms with Crippen LogP contribution in [0.5, 0.6) is 0 Å². The lowest BCUT2D eigenvalue weighted by atomic mass is 10.1. The van der Waals surface area contributed by atoms with Crippen LogP contribution in [0.15, 0.2) is 46.9 Å². The summed E-state index contributed by atoms with van der Waals surface area (Å²) in [7, 11) is 1.80. The predicted molar refractivity (Wildman–Crippen MR) is 106 cm³/mol. The standard InChI is InChI=1S/C20H18FN5OS/c1-12-10-15(17-13(2)24-25(3)18(17)22-12)19(27)23-20-26(8-9-28-20)11-14-6-4-5-7-16(14)21/h4-10H,11H2,1-3H3. The molecule has 3 aromatic heterocycles. The van der Waals surface area contributed by atoms with Crippen molar-refractivity contribution in [2.24, 2.45) is 12.0 Å². The third-order valence-corrected chi connectivity index (χ3v) is 5.28. The summed E-state index contributed by atoms with van der Waals surface area (Å²) in [5.74, 6) is -0.646. The first-order chi connectivity index (χ1) is 13.4. The van der Waals surface area contributed by atoms with E-state index in [9.17, 15) is 9.18 Å². The van der Waals surface area contributed by atoms with Crippen LogP contribution in [0, 0.1) is 19.7 Å². The summed E-state index contributed by atoms with van der Waals surface area (Å²) in [6.07, 6.45) is 1.80. The lowest BCUT2D eigenvalue weighted by molar-refractivity contribution is 0.0999. The van der Waals surface area contributed by atoms with E-state index in [0.717, 1.165) is 11.4 Å². The van der Waals surface area contributed by atoms with Gasteiger partial charge in [-0.05, 0) is 26.0 Å². The minimum Gasteiger partial charge on any atom is -0.319 e. The van der Waals surface area contributed by atoms with E-state index in [0.29, 0.717) is 33.5 Å². The number of hydrogen-bond donors (Lipinski definition) is 0. The Bertz CT molecular complexity index is 1270. The number of aryl methyl sites for hydroxylation is 3. The molecule has 0 saturated carbocycles. The van der Waals surface area contributed by atoms with Gasteiger partial charge in [0, 0.05) is 29.9 Å². The van der Waals surface area contributed by atoms with Gasteiger partial charge in [-0.2, -0.15) is 10.1 Å². The smallest absolute Gasteiger partial charge is 0.280 e. The van der Waals surface area contributed by atoms with Gasteiger partial charge in [0.2, 0.25) is 0 Å². The van der Waals surface area contributed by atoms with Crippen molar-refractivity contribution in [3.05, 3.63) is 75.0 Å². The Morgan fingerprint density at radius 1 is 1.29 bits per heavy atom. The number of benzene rings is 1. The molecule has 4 aromatic rings. The van der Waals surface area contributed by atoms with Crippen LogP contribution in [0.3, 0.4) is 0 Å². The summed E-state index contributed by atoms with van der Waals surface area (Å²) in [5, 5.41) is 6.91. The Morgan fingerprint density at radius 3 is 2.86 bits per heavy atom. The molecule has 6 nitrogen and oxygen atoms in total. The maximum absolute atomic E-state index is 14.0. The Hall–Kier alpha value is -3.13. The number of carbonyl (C=O) groups is 1. The molecule has 1 amide bonds. The van der Waals surface area contributed by atoms with Crippen molar-refractivity contribution in [3.63, 3.8) is 0 Å². The fourth-order valence-electron chi connectivity index (χ4n) is 3.20. The number of nitrogens with zero attached hydrogens (tertiary/aromatic N) is 5. The Kier molecular flexibility index (Phi) is 4.64. The van der Waals surface area contributed by atoms with Crippen LogP contribution in [0.4, 0.5) is 4.39 Å². The van der Waals surface area contributed by atoms with E-state index in [-0.39, 0.29) is 11.7 Å². The van der Waals surface area contributed by atoms with Crippen molar-refractivity contribution in [1.29, 1.82) is 0 Å². The summed E-state index contributed by atoms with van der Waals surface area (Å²) in [5.41, 5.74) is 3.12. The Labute approximate surface area is 164 Å². The zero-order valence-corrected chi connectivity index (χ0v) is 16.5. The molecule has 0 spiro atoms. The quantitative estimate of drug-likeness (QED) is 0.534. The maximum Gasteiger partial charge on any atom is 0.280 e. The van der Waals surface area contributed by atoms with Crippen LogP contribution in [0.25, 0.3) is 11.0 Å². The zero-order valence-electron chi connectivity index (χ0n) is 15.7. The fraction of sp³-hybridized carbons (Fsp3) is 0.200. The fourth-order valence-corrected chi connectivity index (χ4v) is 3.93. The number of halogens is 1. The van der Waals surface area contributed by atoms with E-state index in [1.807, 2.05) is 19.2 Å². The molecular formula is C20H18FN5OS. The first kappa shape index (κ1) is 18.2. The first-order valence-corrected chi connectivity index (χ1v) is 9.59. The van der Waals surface area contributed by atoms with Gasteiger partial charge in [-0.25, -0.2) is 9.37 Å². The summed E-state index contributed by atoms with van der Waals surface area (Å²) in [4.78, 5) is 22.3. The second kappa shape index (κ2) is 7.12. The molecule has 0 atom stereocenters. The molecule has 142 valence electrons. The molecule has 28 heavy (non-hydrogen) atoms. The molecule has 4 rings (SSSR count). The van der Waals surface area contributed by atoms with Gasteiger partial charge >= 0.3 is 0 Å². The molecule has 0 aliphatic heterocycles. The van der Waals surface area contributed by atoms with E-state index in [1.165, 1.54) is 17.4 Å². The van der Waals surface area contributed by atoms with Crippen molar-refractivity contribution >= 4 is 28.3 Å². The summed E-state index contributed by atoms with van der Waals surface area (Å²) in [6, 6.07) is 8.32. The van der Waals surface area contributed by atoms with E-state index in [1.54, 1.807) is 46.8 Å². The topological polar surface area (TPSA) is 65.1 Å². The Morgan fingerprint density at radius 2 is 2.07 bits per heavy atom. The molecule has 0 fully saturated rings.